The van der Waals surface area contributed by atoms with E-state index < -0.39 is 5.69 Å². The summed E-state index contributed by atoms with van der Waals surface area (Å²) in [6.07, 6.45) is 0. The van der Waals surface area contributed by atoms with E-state index in [1.165, 1.54) is 25.6 Å². The second-order valence-corrected chi connectivity index (χ2v) is 8.56. The molecule has 0 unspecified atom stereocenters. The van der Waals surface area contributed by atoms with Gasteiger partial charge in [-0.25, -0.2) is 0 Å². The highest BCUT2D eigenvalue weighted by Crippen LogP contribution is 2.59. The highest BCUT2D eigenvalue weighted by atomic mass is 32.9. The van der Waals surface area contributed by atoms with Crippen molar-refractivity contribution in [2.24, 2.45) is 0 Å². The van der Waals surface area contributed by atoms with E-state index in [9.17, 15) is 4.79 Å². The van der Waals surface area contributed by atoms with Crippen LogP contribution >= 0.6 is 17.1 Å². The topological polar surface area (TPSA) is 47.6 Å². The molecule has 0 bridgehead atoms. The van der Waals surface area contributed by atoms with E-state index in [0.29, 0.717) is 6.54 Å². The molecule has 0 radical (unpaired) electrons. The van der Waals surface area contributed by atoms with Gasteiger partial charge in [0.1, 0.15) is 0 Å². The van der Waals surface area contributed by atoms with Crippen LogP contribution in [0.4, 0.5) is 0 Å². The Kier molecular flexibility index (Phi) is 6.99. The molecule has 0 aromatic rings. The molecule has 7 heteroatoms. The first-order valence-corrected chi connectivity index (χ1v) is 7.93. The largest absolute Gasteiger partial charge is 0.356 e. The maximum atomic E-state index is 11.1. The average Bonchev–Trinajstić information content (AvgIpc) is 2.15. The van der Waals surface area contributed by atoms with Gasteiger partial charge in [0, 0.05) is 20.8 Å². The minimum Gasteiger partial charge on any atom is -0.356 e. The second kappa shape index (κ2) is 6.79. The van der Waals surface area contributed by atoms with Gasteiger partial charge < -0.3 is 14.4 Å². The lowest BCUT2D eigenvalue weighted by molar-refractivity contribution is -0.118. The minimum absolute atomic E-state index is 0.0455. The normalized spacial score (nSPS) is 11.3. The second-order valence-electron chi connectivity index (χ2n) is 2.04. The molecular weight excluding hydrogens is 229 g/mol. The van der Waals surface area contributed by atoms with Crippen LogP contribution in [0.15, 0.2) is 0 Å². The van der Waals surface area contributed by atoms with Crippen LogP contribution < -0.4 is 5.32 Å². The van der Waals surface area contributed by atoms with Crippen LogP contribution in [-0.4, -0.2) is 32.4 Å². The summed E-state index contributed by atoms with van der Waals surface area (Å²) in [5.41, 5.74) is -2.27. The van der Waals surface area contributed by atoms with Gasteiger partial charge >= 0.3 is 0 Å². The fraction of sp³-hybridized carbons (Fsp3) is 0.833. The quantitative estimate of drug-likeness (QED) is 0.714. The molecule has 13 heavy (non-hydrogen) atoms. The van der Waals surface area contributed by atoms with Crippen LogP contribution in [0, 0.1) is 0 Å². The number of amides is 1. The SMILES string of the molecule is CCNC(=O)CSP(=S)(OC)OC. The van der Waals surface area contributed by atoms with Crippen molar-refractivity contribution in [3.05, 3.63) is 0 Å². The number of carbonyl (C=O) groups is 1. The van der Waals surface area contributed by atoms with Crippen LogP contribution in [0.5, 0.6) is 0 Å². The molecule has 0 aliphatic carbocycles. The third-order valence-corrected chi connectivity index (χ3v) is 6.85. The molecule has 0 saturated heterocycles. The molecule has 1 amide bonds. The summed E-state index contributed by atoms with van der Waals surface area (Å²) in [7, 11) is 2.99. The lowest BCUT2D eigenvalue weighted by Gasteiger charge is -2.15. The summed E-state index contributed by atoms with van der Waals surface area (Å²) < 4.78 is 10.0. The summed E-state index contributed by atoms with van der Waals surface area (Å²) in [6, 6.07) is 0. The van der Waals surface area contributed by atoms with Crippen LogP contribution in [0.3, 0.4) is 0 Å². The smallest absolute Gasteiger partial charge is 0.247 e. The molecule has 0 spiro atoms. The molecule has 0 aliphatic heterocycles. The molecule has 1 N–H and O–H groups in total. The zero-order valence-corrected chi connectivity index (χ0v) is 10.4. The molecule has 0 aliphatic rings. The van der Waals surface area contributed by atoms with E-state index in [2.05, 4.69) is 5.32 Å². The van der Waals surface area contributed by atoms with E-state index in [1.807, 2.05) is 6.92 Å². The maximum absolute atomic E-state index is 11.1. The third kappa shape index (κ3) is 5.65. The molecule has 0 heterocycles. The Morgan fingerprint density at radius 2 is 2.08 bits per heavy atom. The standard InChI is InChI=1S/C6H14NO3PS2/c1-4-7-6(8)5-13-11(12,9-2)10-3/h4-5H2,1-3H3,(H,7,8). The Balaban J connectivity index is 3.86. The average molecular weight is 243 g/mol. The van der Waals surface area contributed by atoms with Gasteiger partial charge in [-0.1, -0.05) is 11.4 Å². The summed E-state index contributed by atoms with van der Waals surface area (Å²) in [6.45, 7) is 2.49. The van der Waals surface area contributed by atoms with Gasteiger partial charge in [0.25, 0.3) is 0 Å². The summed E-state index contributed by atoms with van der Waals surface area (Å²) >= 11 is 6.30. The molecule has 0 saturated carbocycles. The molecule has 0 fully saturated rings. The van der Waals surface area contributed by atoms with Crippen molar-refractivity contribution in [2.75, 3.05) is 26.5 Å². The molecule has 4 nitrogen and oxygen atoms in total. The van der Waals surface area contributed by atoms with Gasteiger partial charge in [-0.3, -0.25) is 4.79 Å². The Morgan fingerprint density at radius 3 is 2.46 bits per heavy atom. The number of carbonyl (C=O) groups excluding carboxylic acids is 1. The highest BCUT2D eigenvalue weighted by Gasteiger charge is 2.17. The first-order chi connectivity index (χ1) is 6.08. The predicted octanol–water partition coefficient (Wildman–Crippen LogP) is 1.37. The third-order valence-electron chi connectivity index (χ3n) is 1.17. The van der Waals surface area contributed by atoms with E-state index >= 15 is 0 Å². The van der Waals surface area contributed by atoms with Crippen molar-refractivity contribution in [1.29, 1.82) is 0 Å². The van der Waals surface area contributed by atoms with Crippen LogP contribution in [-0.2, 0) is 25.6 Å². The molecule has 0 rings (SSSR count). The first kappa shape index (κ1) is 13.4. The van der Waals surface area contributed by atoms with E-state index in [-0.39, 0.29) is 11.7 Å². The fourth-order valence-electron chi connectivity index (χ4n) is 0.566. The minimum atomic E-state index is -2.27. The van der Waals surface area contributed by atoms with Crippen LogP contribution in [0.2, 0.25) is 0 Å². The summed E-state index contributed by atoms with van der Waals surface area (Å²) in [4.78, 5) is 11.1. The zero-order chi connectivity index (χ0) is 10.3. The number of hydrogen-bond acceptors (Lipinski definition) is 5. The highest BCUT2D eigenvalue weighted by molar-refractivity contribution is 8.68. The van der Waals surface area contributed by atoms with Gasteiger partial charge in [-0.2, -0.15) is 0 Å². The van der Waals surface area contributed by atoms with Gasteiger partial charge in [-0.05, 0) is 18.7 Å². The summed E-state index contributed by atoms with van der Waals surface area (Å²) in [5, 5.41) is 2.67. The van der Waals surface area contributed by atoms with Crippen molar-refractivity contribution in [2.45, 2.75) is 6.92 Å². The monoisotopic (exact) mass is 243 g/mol. The molecule has 0 atom stereocenters. The van der Waals surface area contributed by atoms with Gasteiger partial charge in [0.2, 0.25) is 11.6 Å². The Labute approximate surface area is 87.7 Å². The van der Waals surface area contributed by atoms with Gasteiger partial charge in [-0.15, -0.1) is 0 Å². The molecule has 0 aromatic heterocycles. The lowest BCUT2D eigenvalue weighted by atomic mass is 10.6. The predicted molar refractivity (Wildman–Crippen MR) is 59.4 cm³/mol. The number of hydrogen-bond donors (Lipinski definition) is 1. The summed E-state index contributed by atoms with van der Waals surface area (Å²) in [5.74, 6) is 0.239. The fourth-order valence-corrected chi connectivity index (χ4v) is 3.24. The number of nitrogens with one attached hydrogen (secondary N) is 1. The van der Waals surface area contributed by atoms with Crippen molar-refractivity contribution < 1.29 is 13.8 Å². The molecule has 0 aromatic carbocycles. The van der Waals surface area contributed by atoms with Crippen molar-refractivity contribution in [1.82, 2.24) is 5.32 Å². The van der Waals surface area contributed by atoms with Gasteiger partial charge in [0.15, 0.2) is 0 Å². The van der Waals surface area contributed by atoms with E-state index in [1.54, 1.807) is 0 Å². The first-order valence-electron chi connectivity index (χ1n) is 3.70. The van der Waals surface area contributed by atoms with Crippen molar-refractivity contribution in [3.63, 3.8) is 0 Å². The van der Waals surface area contributed by atoms with Crippen molar-refractivity contribution in [3.8, 4) is 0 Å². The van der Waals surface area contributed by atoms with E-state index in [4.69, 9.17) is 20.9 Å². The Hall–Kier alpha value is 0.390. The Morgan fingerprint density at radius 1 is 1.54 bits per heavy atom. The zero-order valence-electron chi connectivity index (χ0n) is 7.90. The van der Waals surface area contributed by atoms with Crippen LogP contribution in [0.1, 0.15) is 6.92 Å². The van der Waals surface area contributed by atoms with Crippen molar-refractivity contribution >= 4 is 34.8 Å². The Bertz CT molecular complexity index is 204. The number of rotatable bonds is 6. The van der Waals surface area contributed by atoms with E-state index in [0.717, 1.165) is 0 Å². The van der Waals surface area contributed by atoms with Gasteiger partial charge in [0.05, 0.1) is 5.75 Å². The molecular formula is C6H14NO3PS2. The van der Waals surface area contributed by atoms with Crippen LogP contribution in [0.25, 0.3) is 0 Å². The lowest BCUT2D eigenvalue weighted by Crippen LogP contribution is -2.24. The maximum Gasteiger partial charge on any atom is 0.247 e. The molecule has 78 valence electrons.